The lowest BCUT2D eigenvalue weighted by Gasteiger charge is -2.18. The summed E-state index contributed by atoms with van der Waals surface area (Å²) in [5.41, 5.74) is 2.12. The van der Waals surface area contributed by atoms with Crippen LogP contribution in [0.5, 0.6) is 0 Å². The van der Waals surface area contributed by atoms with Crippen molar-refractivity contribution in [3.05, 3.63) is 59.1 Å². The van der Waals surface area contributed by atoms with Crippen LogP contribution in [0.3, 0.4) is 0 Å². The van der Waals surface area contributed by atoms with Crippen LogP contribution < -0.4 is 5.32 Å². The molecule has 0 fully saturated rings. The molecule has 2 aromatic rings. The number of rotatable bonds is 5. The Morgan fingerprint density at radius 3 is 2.83 bits per heavy atom. The molecule has 2 heterocycles. The largest absolute Gasteiger partial charge is 0.310 e. The van der Waals surface area contributed by atoms with Gasteiger partial charge in [0.05, 0.1) is 5.02 Å². The van der Waals surface area contributed by atoms with Gasteiger partial charge in [-0.2, -0.15) is 0 Å². The molecule has 2 rings (SSSR count). The van der Waals surface area contributed by atoms with Gasteiger partial charge in [-0.1, -0.05) is 24.6 Å². The highest BCUT2D eigenvalue weighted by Crippen LogP contribution is 2.24. The zero-order chi connectivity index (χ0) is 12.8. The van der Waals surface area contributed by atoms with Gasteiger partial charge in [-0.15, -0.1) is 0 Å². The van der Waals surface area contributed by atoms with E-state index in [1.54, 1.807) is 12.4 Å². The number of hydrogen-bond donors (Lipinski definition) is 1. The fraction of sp³-hybridized carbons (Fsp3) is 0.286. The number of hydrogen-bond acceptors (Lipinski definition) is 3. The Balaban J connectivity index is 2.21. The van der Waals surface area contributed by atoms with Gasteiger partial charge in [-0.25, -0.2) is 0 Å². The average Bonchev–Trinajstić information content (AvgIpc) is 2.40. The molecule has 0 radical (unpaired) electrons. The molecule has 3 nitrogen and oxygen atoms in total. The summed E-state index contributed by atoms with van der Waals surface area (Å²) < 4.78 is 0. The minimum absolute atomic E-state index is 0.167. The Labute approximate surface area is 112 Å². The third kappa shape index (κ3) is 3.28. The van der Waals surface area contributed by atoms with Crippen molar-refractivity contribution < 1.29 is 0 Å². The van der Waals surface area contributed by atoms with Crippen LogP contribution in [-0.4, -0.2) is 16.5 Å². The molecule has 0 spiro atoms. The maximum Gasteiger partial charge on any atom is 0.0637 e. The van der Waals surface area contributed by atoms with Crippen LogP contribution in [0.1, 0.15) is 24.2 Å². The second kappa shape index (κ2) is 6.47. The summed E-state index contributed by atoms with van der Waals surface area (Å²) in [4.78, 5) is 8.38. The fourth-order valence-corrected chi connectivity index (χ4v) is 2.19. The van der Waals surface area contributed by atoms with Gasteiger partial charge >= 0.3 is 0 Å². The highest BCUT2D eigenvalue weighted by Gasteiger charge is 2.14. The topological polar surface area (TPSA) is 37.8 Å². The Morgan fingerprint density at radius 2 is 2.17 bits per heavy atom. The number of likely N-dealkylation sites (N-methyl/N-ethyl adjacent to an activating group) is 1. The van der Waals surface area contributed by atoms with E-state index in [4.69, 9.17) is 11.6 Å². The van der Waals surface area contributed by atoms with Gasteiger partial charge in [0.25, 0.3) is 0 Å². The average molecular weight is 262 g/mol. The maximum atomic E-state index is 6.20. The van der Waals surface area contributed by atoms with Gasteiger partial charge in [-0.3, -0.25) is 9.97 Å². The van der Waals surface area contributed by atoms with Crippen molar-refractivity contribution in [3.8, 4) is 0 Å². The van der Waals surface area contributed by atoms with E-state index in [1.807, 2.05) is 30.5 Å². The SMILES string of the molecule is CCNC(Cc1ccccn1)c1ccncc1Cl. The van der Waals surface area contributed by atoms with Crippen molar-refractivity contribution in [2.45, 2.75) is 19.4 Å². The second-order valence-corrected chi connectivity index (χ2v) is 4.44. The van der Waals surface area contributed by atoms with Crippen LogP contribution in [0.4, 0.5) is 0 Å². The van der Waals surface area contributed by atoms with Crippen molar-refractivity contribution in [2.75, 3.05) is 6.54 Å². The summed E-state index contributed by atoms with van der Waals surface area (Å²) in [6, 6.07) is 8.07. The van der Waals surface area contributed by atoms with Crippen molar-refractivity contribution >= 4 is 11.6 Å². The smallest absolute Gasteiger partial charge is 0.0637 e. The van der Waals surface area contributed by atoms with Crippen LogP contribution >= 0.6 is 11.6 Å². The van der Waals surface area contributed by atoms with E-state index < -0.39 is 0 Å². The van der Waals surface area contributed by atoms with Crippen LogP contribution in [0, 0.1) is 0 Å². The van der Waals surface area contributed by atoms with Crippen molar-refractivity contribution in [1.82, 2.24) is 15.3 Å². The van der Waals surface area contributed by atoms with E-state index in [9.17, 15) is 0 Å². The van der Waals surface area contributed by atoms with Crippen molar-refractivity contribution in [2.24, 2.45) is 0 Å². The van der Waals surface area contributed by atoms with Crippen molar-refractivity contribution in [3.63, 3.8) is 0 Å². The molecule has 18 heavy (non-hydrogen) atoms. The molecule has 2 aromatic heterocycles. The molecule has 0 aliphatic heterocycles. The van der Waals surface area contributed by atoms with E-state index in [1.165, 1.54) is 0 Å². The Morgan fingerprint density at radius 1 is 1.28 bits per heavy atom. The Kier molecular flexibility index (Phi) is 4.67. The predicted octanol–water partition coefficient (Wildman–Crippen LogP) is 3.02. The first-order valence-corrected chi connectivity index (χ1v) is 6.41. The van der Waals surface area contributed by atoms with E-state index in [-0.39, 0.29) is 6.04 Å². The van der Waals surface area contributed by atoms with E-state index in [0.717, 1.165) is 24.2 Å². The molecule has 0 bridgehead atoms. The minimum Gasteiger partial charge on any atom is -0.310 e. The highest BCUT2D eigenvalue weighted by atomic mass is 35.5. The maximum absolute atomic E-state index is 6.20. The van der Waals surface area contributed by atoms with Gasteiger partial charge in [0.1, 0.15) is 0 Å². The molecule has 0 aliphatic rings. The highest BCUT2D eigenvalue weighted by molar-refractivity contribution is 6.31. The molecule has 4 heteroatoms. The molecule has 0 saturated carbocycles. The first-order chi connectivity index (χ1) is 8.81. The quantitative estimate of drug-likeness (QED) is 0.899. The number of nitrogens with one attached hydrogen (secondary N) is 1. The standard InChI is InChI=1S/C14H16ClN3/c1-2-17-14(9-11-5-3-4-7-18-11)12-6-8-16-10-13(12)15/h3-8,10,14,17H,2,9H2,1H3. The van der Waals surface area contributed by atoms with Crippen LogP contribution in [0.25, 0.3) is 0 Å². The van der Waals surface area contributed by atoms with Gasteiger partial charge in [0.2, 0.25) is 0 Å². The third-order valence-corrected chi connectivity index (χ3v) is 3.08. The second-order valence-electron chi connectivity index (χ2n) is 4.03. The summed E-state index contributed by atoms with van der Waals surface area (Å²) in [5.74, 6) is 0. The molecular formula is C14H16ClN3. The van der Waals surface area contributed by atoms with Gasteiger partial charge in [-0.05, 0) is 30.3 Å². The van der Waals surface area contributed by atoms with E-state index in [2.05, 4.69) is 22.2 Å². The van der Waals surface area contributed by atoms with E-state index >= 15 is 0 Å². The van der Waals surface area contributed by atoms with Crippen LogP contribution in [0.2, 0.25) is 5.02 Å². The van der Waals surface area contributed by atoms with Gasteiger partial charge in [0.15, 0.2) is 0 Å². The predicted molar refractivity (Wildman–Crippen MR) is 73.6 cm³/mol. The summed E-state index contributed by atoms with van der Waals surface area (Å²) in [7, 11) is 0. The summed E-state index contributed by atoms with van der Waals surface area (Å²) >= 11 is 6.20. The summed E-state index contributed by atoms with van der Waals surface area (Å²) in [5, 5.41) is 4.13. The molecule has 1 atom stereocenters. The molecule has 0 aliphatic carbocycles. The Bertz CT molecular complexity index is 487. The molecule has 1 N–H and O–H groups in total. The lowest BCUT2D eigenvalue weighted by molar-refractivity contribution is 0.544. The van der Waals surface area contributed by atoms with Crippen molar-refractivity contribution in [1.29, 1.82) is 0 Å². The normalized spacial score (nSPS) is 12.3. The molecule has 0 aromatic carbocycles. The fourth-order valence-electron chi connectivity index (χ4n) is 1.94. The molecule has 0 saturated heterocycles. The summed E-state index contributed by atoms with van der Waals surface area (Å²) in [6.07, 6.45) is 6.08. The Hall–Kier alpha value is -1.45. The van der Waals surface area contributed by atoms with Crippen LogP contribution in [0.15, 0.2) is 42.9 Å². The van der Waals surface area contributed by atoms with Gasteiger partial charge in [0, 0.05) is 36.7 Å². The number of halogens is 1. The zero-order valence-corrected chi connectivity index (χ0v) is 11.1. The lowest BCUT2D eigenvalue weighted by Crippen LogP contribution is -2.23. The summed E-state index contributed by atoms with van der Waals surface area (Å²) in [6.45, 7) is 2.97. The minimum atomic E-state index is 0.167. The van der Waals surface area contributed by atoms with Crippen LogP contribution in [-0.2, 0) is 6.42 Å². The van der Waals surface area contributed by atoms with E-state index in [0.29, 0.717) is 5.02 Å². The molecule has 0 amide bonds. The first-order valence-electron chi connectivity index (χ1n) is 6.04. The monoisotopic (exact) mass is 261 g/mol. The number of pyridine rings is 2. The molecular weight excluding hydrogens is 246 g/mol. The lowest BCUT2D eigenvalue weighted by atomic mass is 10.0. The number of nitrogens with zero attached hydrogens (tertiary/aromatic N) is 2. The van der Waals surface area contributed by atoms with Gasteiger partial charge < -0.3 is 5.32 Å². The molecule has 1 unspecified atom stereocenters. The zero-order valence-electron chi connectivity index (χ0n) is 10.3. The first kappa shape index (κ1) is 13.0. The third-order valence-electron chi connectivity index (χ3n) is 2.77. The number of aromatic nitrogens is 2. The molecule has 94 valence electrons.